The van der Waals surface area contributed by atoms with E-state index in [0.717, 1.165) is 6.42 Å². The van der Waals surface area contributed by atoms with Gasteiger partial charge in [-0.15, -0.1) is 0 Å². The summed E-state index contributed by atoms with van der Waals surface area (Å²) in [6.07, 6.45) is 4.04. The number of aliphatic carboxylic acids is 2. The van der Waals surface area contributed by atoms with Gasteiger partial charge in [-0.25, -0.2) is 9.78 Å². The van der Waals surface area contributed by atoms with Crippen molar-refractivity contribution >= 4 is 29.7 Å². The van der Waals surface area contributed by atoms with Gasteiger partial charge in [0.2, 0.25) is 17.7 Å². The lowest BCUT2D eigenvalue weighted by Gasteiger charge is -2.26. The Morgan fingerprint density at radius 3 is 2.29 bits per heavy atom. The zero-order valence-corrected chi connectivity index (χ0v) is 19.9. The molecule has 1 saturated heterocycles. The zero-order chi connectivity index (χ0) is 26.0. The van der Waals surface area contributed by atoms with Crippen LogP contribution in [0, 0.1) is 5.92 Å². The van der Waals surface area contributed by atoms with Gasteiger partial charge < -0.3 is 36.5 Å². The molecular weight excluding hydrogens is 460 g/mol. The Hall–Kier alpha value is -3.48. The third-order valence-corrected chi connectivity index (χ3v) is 5.59. The number of nitrogens with one attached hydrogen (secondary N) is 5. The van der Waals surface area contributed by atoms with Crippen molar-refractivity contribution in [3.63, 3.8) is 0 Å². The largest absolute Gasteiger partial charge is 0.481 e. The fourth-order valence-electron chi connectivity index (χ4n) is 3.78. The highest BCUT2D eigenvalue weighted by molar-refractivity contribution is 5.94. The first-order valence-electron chi connectivity index (χ1n) is 11.6. The molecule has 0 aliphatic carbocycles. The molecule has 13 nitrogen and oxygen atoms in total. The molecule has 194 valence electrons. The molecule has 1 aromatic heterocycles. The monoisotopic (exact) mass is 494 g/mol. The summed E-state index contributed by atoms with van der Waals surface area (Å²) in [6, 6.07) is -3.92. The molecule has 7 N–H and O–H groups in total. The molecule has 13 heteroatoms. The van der Waals surface area contributed by atoms with Crippen molar-refractivity contribution in [1.82, 2.24) is 31.2 Å². The summed E-state index contributed by atoms with van der Waals surface area (Å²) in [6.45, 7) is 4.38. The van der Waals surface area contributed by atoms with Gasteiger partial charge in [0, 0.05) is 24.7 Å². The highest BCUT2D eigenvalue weighted by Gasteiger charge is 2.32. The van der Waals surface area contributed by atoms with E-state index < -0.39 is 54.3 Å². The van der Waals surface area contributed by atoms with Gasteiger partial charge in [0.05, 0.1) is 12.4 Å². The van der Waals surface area contributed by atoms with Crippen LogP contribution in [0.15, 0.2) is 12.5 Å². The molecule has 2 rings (SSSR count). The molecule has 1 aromatic rings. The third kappa shape index (κ3) is 9.35. The number of amides is 3. The van der Waals surface area contributed by atoms with Crippen molar-refractivity contribution in [2.75, 3.05) is 6.54 Å². The second kappa shape index (κ2) is 13.4. The Bertz CT molecular complexity index is 883. The van der Waals surface area contributed by atoms with Crippen molar-refractivity contribution in [2.45, 2.75) is 76.5 Å². The average molecular weight is 495 g/mol. The minimum Gasteiger partial charge on any atom is -0.481 e. The quantitative estimate of drug-likeness (QED) is 0.172. The lowest BCUT2D eigenvalue weighted by molar-refractivity contribution is -0.143. The van der Waals surface area contributed by atoms with Crippen LogP contribution in [0.5, 0.6) is 0 Å². The van der Waals surface area contributed by atoms with Crippen molar-refractivity contribution in [2.24, 2.45) is 5.92 Å². The fraction of sp³-hybridized carbons (Fsp3) is 0.636. The molecule has 0 saturated carbocycles. The van der Waals surface area contributed by atoms with Crippen LogP contribution in [-0.4, -0.2) is 80.6 Å². The molecule has 0 aromatic carbocycles. The number of nitrogens with zero attached hydrogens (tertiary/aromatic N) is 1. The van der Waals surface area contributed by atoms with E-state index in [-0.39, 0.29) is 31.1 Å². The third-order valence-electron chi connectivity index (χ3n) is 5.59. The Morgan fingerprint density at radius 1 is 1.06 bits per heavy atom. The molecule has 1 fully saturated rings. The molecule has 2 heterocycles. The Kier molecular flexibility index (Phi) is 10.6. The lowest BCUT2D eigenvalue weighted by Crippen LogP contribution is -2.57. The van der Waals surface area contributed by atoms with Crippen molar-refractivity contribution in [3.05, 3.63) is 18.2 Å². The van der Waals surface area contributed by atoms with Crippen molar-refractivity contribution in [3.8, 4) is 0 Å². The van der Waals surface area contributed by atoms with Crippen molar-refractivity contribution in [1.29, 1.82) is 0 Å². The summed E-state index contributed by atoms with van der Waals surface area (Å²) in [5.74, 6) is -4.27. The summed E-state index contributed by atoms with van der Waals surface area (Å²) in [5.41, 5.74) is 0.606. The number of imidazole rings is 1. The fourth-order valence-corrected chi connectivity index (χ4v) is 3.78. The highest BCUT2D eigenvalue weighted by atomic mass is 16.4. The molecule has 4 unspecified atom stereocenters. The average Bonchev–Trinajstić information content (AvgIpc) is 3.49. The van der Waals surface area contributed by atoms with E-state index in [0.29, 0.717) is 18.7 Å². The smallest absolute Gasteiger partial charge is 0.326 e. The van der Waals surface area contributed by atoms with Crippen molar-refractivity contribution < 1.29 is 34.2 Å². The van der Waals surface area contributed by atoms with E-state index >= 15 is 0 Å². The van der Waals surface area contributed by atoms with E-state index in [1.165, 1.54) is 12.5 Å². The topological polar surface area (TPSA) is 203 Å². The Morgan fingerprint density at radius 2 is 1.74 bits per heavy atom. The van der Waals surface area contributed by atoms with Gasteiger partial charge in [-0.1, -0.05) is 13.8 Å². The Labute approximate surface area is 202 Å². The van der Waals surface area contributed by atoms with E-state index in [1.54, 1.807) is 0 Å². The molecule has 4 atom stereocenters. The van der Waals surface area contributed by atoms with Crippen LogP contribution in [-0.2, 0) is 30.4 Å². The number of carboxylic acids is 2. The molecule has 0 radical (unpaired) electrons. The number of rotatable bonds is 14. The maximum absolute atomic E-state index is 13.2. The Balaban J connectivity index is 2.13. The predicted molar refractivity (Wildman–Crippen MR) is 123 cm³/mol. The number of carbonyl (C=O) groups excluding carboxylic acids is 3. The number of hydrogen-bond acceptors (Lipinski definition) is 7. The second-order valence-electron chi connectivity index (χ2n) is 9.01. The first kappa shape index (κ1) is 27.8. The number of aromatic amines is 1. The number of H-pyrrole nitrogens is 1. The van der Waals surface area contributed by atoms with Crippen LogP contribution < -0.4 is 21.3 Å². The minimum atomic E-state index is -1.42. The van der Waals surface area contributed by atoms with Crippen LogP contribution in [0.1, 0.15) is 51.6 Å². The van der Waals surface area contributed by atoms with Gasteiger partial charge in [-0.05, 0) is 38.1 Å². The molecule has 1 aliphatic heterocycles. The van der Waals surface area contributed by atoms with Gasteiger partial charge in [-0.3, -0.25) is 19.2 Å². The van der Waals surface area contributed by atoms with E-state index in [4.69, 9.17) is 5.11 Å². The SMILES string of the molecule is CC(C)CC(NC(=O)C(Cc1cnc[nH]1)NC(=O)C1CCCN1)C(=O)NC(CCC(=O)O)C(=O)O. The highest BCUT2D eigenvalue weighted by Crippen LogP contribution is 2.10. The van der Waals surface area contributed by atoms with E-state index in [9.17, 15) is 29.1 Å². The van der Waals surface area contributed by atoms with Crippen LogP contribution in [0.4, 0.5) is 0 Å². The molecule has 35 heavy (non-hydrogen) atoms. The van der Waals surface area contributed by atoms with E-state index in [1.807, 2.05) is 13.8 Å². The van der Waals surface area contributed by atoms with E-state index in [2.05, 4.69) is 31.2 Å². The van der Waals surface area contributed by atoms with Gasteiger partial charge in [-0.2, -0.15) is 0 Å². The number of hydrogen-bond donors (Lipinski definition) is 7. The standard InChI is InChI=1S/C22H34N6O7/c1-12(2)8-16(20(32)26-15(22(34)35)5-6-18(29)30)27-21(33)17(9-13-10-23-11-25-13)28-19(31)14-4-3-7-24-14/h10-12,14-17,24H,3-9H2,1-2H3,(H,23,25)(H,26,32)(H,27,33)(H,28,31)(H,29,30)(H,34,35). The van der Waals surface area contributed by atoms with Gasteiger partial charge >= 0.3 is 11.9 Å². The summed E-state index contributed by atoms with van der Waals surface area (Å²) in [7, 11) is 0. The predicted octanol–water partition coefficient (Wildman–Crippen LogP) is -0.846. The molecule has 0 spiro atoms. The van der Waals surface area contributed by atoms with Gasteiger partial charge in [0.25, 0.3) is 0 Å². The van der Waals surface area contributed by atoms with Crippen LogP contribution >= 0.6 is 0 Å². The number of carboxylic acid groups (broad SMARTS) is 2. The van der Waals surface area contributed by atoms with Crippen LogP contribution in [0.2, 0.25) is 0 Å². The maximum atomic E-state index is 13.2. The lowest BCUT2D eigenvalue weighted by atomic mass is 10.0. The first-order chi connectivity index (χ1) is 16.6. The first-order valence-corrected chi connectivity index (χ1v) is 11.6. The maximum Gasteiger partial charge on any atom is 0.326 e. The summed E-state index contributed by atoms with van der Waals surface area (Å²) in [4.78, 5) is 67.9. The van der Waals surface area contributed by atoms with Gasteiger partial charge in [0.1, 0.15) is 18.1 Å². The normalized spacial score (nSPS) is 17.9. The molecular formula is C22H34N6O7. The number of carbonyl (C=O) groups is 5. The molecule has 1 aliphatic rings. The minimum absolute atomic E-state index is 0.0308. The molecule has 0 bridgehead atoms. The van der Waals surface area contributed by atoms with Crippen LogP contribution in [0.25, 0.3) is 0 Å². The molecule has 3 amide bonds. The second-order valence-corrected chi connectivity index (χ2v) is 9.01. The summed E-state index contributed by atoms with van der Waals surface area (Å²) >= 11 is 0. The number of aromatic nitrogens is 2. The summed E-state index contributed by atoms with van der Waals surface area (Å²) in [5, 5.41) is 29.0. The summed E-state index contributed by atoms with van der Waals surface area (Å²) < 4.78 is 0. The van der Waals surface area contributed by atoms with Crippen LogP contribution in [0.3, 0.4) is 0 Å². The zero-order valence-electron chi connectivity index (χ0n) is 19.9. The van der Waals surface area contributed by atoms with Gasteiger partial charge in [0.15, 0.2) is 0 Å².